The van der Waals surface area contributed by atoms with Gasteiger partial charge in [-0.2, -0.15) is 0 Å². The summed E-state index contributed by atoms with van der Waals surface area (Å²) in [4.78, 5) is 8.70. The van der Waals surface area contributed by atoms with Gasteiger partial charge in [0.05, 0.1) is 6.26 Å². The van der Waals surface area contributed by atoms with Crippen molar-refractivity contribution in [2.24, 2.45) is 0 Å². The number of sulfonamides is 1. The van der Waals surface area contributed by atoms with Gasteiger partial charge >= 0.3 is 0 Å². The Labute approximate surface area is 120 Å². The second-order valence-corrected chi connectivity index (χ2v) is 6.45. The van der Waals surface area contributed by atoms with Crippen molar-refractivity contribution in [3.8, 4) is 0 Å². The summed E-state index contributed by atoms with van der Waals surface area (Å²) in [5, 5.41) is 6.38. The van der Waals surface area contributed by atoms with Gasteiger partial charge in [-0.15, -0.1) is 0 Å². The third-order valence-corrected chi connectivity index (χ3v) is 3.31. The third-order valence-electron chi connectivity index (χ3n) is 2.58. The molecule has 0 fully saturated rings. The van der Waals surface area contributed by atoms with Gasteiger partial charge in [0, 0.05) is 25.2 Å². The number of anilines is 2. The normalized spacial score (nSPS) is 11.4. The summed E-state index contributed by atoms with van der Waals surface area (Å²) in [5.41, 5.74) is 0.934. The first-order valence-electron chi connectivity index (χ1n) is 6.61. The van der Waals surface area contributed by atoms with E-state index in [0.29, 0.717) is 18.9 Å². The molecule has 0 saturated heterocycles. The Bertz CT molecular complexity index is 545. The van der Waals surface area contributed by atoms with Gasteiger partial charge in [-0.05, 0) is 20.3 Å². The molecule has 0 radical (unpaired) electrons. The van der Waals surface area contributed by atoms with Gasteiger partial charge in [0.25, 0.3) is 0 Å². The van der Waals surface area contributed by atoms with Crippen LogP contribution < -0.4 is 15.4 Å². The molecule has 3 N–H and O–H groups in total. The number of hydrogen-bond donors (Lipinski definition) is 3. The van der Waals surface area contributed by atoms with Gasteiger partial charge in [0.2, 0.25) is 10.0 Å². The van der Waals surface area contributed by atoms with Crippen LogP contribution in [-0.2, 0) is 10.0 Å². The minimum Gasteiger partial charge on any atom is -0.370 e. The second kappa shape index (κ2) is 7.39. The van der Waals surface area contributed by atoms with E-state index in [2.05, 4.69) is 32.2 Å². The third kappa shape index (κ3) is 5.70. The largest absolute Gasteiger partial charge is 0.370 e. The van der Waals surface area contributed by atoms with Gasteiger partial charge in [0.1, 0.15) is 17.5 Å². The molecule has 0 bridgehead atoms. The van der Waals surface area contributed by atoms with Crippen LogP contribution in [0.25, 0.3) is 0 Å². The maximum atomic E-state index is 11.0. The summed E-state index contributed by atoms with van der Waals surface area (Å²) >= 11 is 0. The lowest BCUT2D eigenvalue weighted by atomic mass is 10.3. The smallest absolute Gasteiger partial charge is 0.208 e. The highest BCUT2D eigenvalue weighted by Crippen LogP contribution is 2.19. The highest BCUT2D eigenvalue weighted by atomic mass is 32.2. The molecule has 0 aliphatic rings. The molecule has 0 atom stereocenters. The van der Waals surface area contributed by atoms with E-state index in [-0.39, 0.29) is 0 Å². The predicted octanol–water partition coefficient (Wildman–Crippen LogP) is 0.876. The lowest BCUT2D eigenvalue weighted by Crippen LogP contribution is -2.28. The van der Waals surface area contributed by atoms with Gasteiger partial charge in [-0.25, -0.2) is 23.1 Å². The Morgan fingerprint density at radius 1 is 1.00 bits per heavy atom. The molecule has 1 aromatic heterocycles. The van der Waals surface area contributed by atoms with E-state index in [1.54, 1.807) is 0 Å². The number of hydrogen-bond acceptors (Lipinski definition) is 6. The topological polar surface area (TPSA) is 96.0 Å². The van der Waals surface area contributed by atoms with E-state index in [1.807, 2.05) is 13.8 Å². The first kappa shape index (κ1) is 16.6. The zero-order valence-electron chi connectivity index (χ0n) is 12.4. The molecule has 0 spiro atoms. The van der Waals surface area contributed by atoms with Crippen molar-refractivity contribution in [1.82, 2.24) is 14.7 Å². The van der Waals surface area contributed by atoms with Crippen LogP contribution in [0.4, 0.5) is 11.6 Å². The molecule has 0 aliphatic carbocycles. The van der Waals surface area contributed by atoms with Crippen molar-refractivity contribution in [1.29, 1.82) is 0 Å². The van der Waals surface area contributed by atoms with E-state index in [0.717, 1.165) is 36.4 Å². The number of nitrogens with one attached hydrogen (secondary N) is 3. The maximum absolute atomic E-state index is 11.0. The number of nitrogens with zero attached hydrogens (tertiary/aromatic N) is 2. The zero-order valence-corrected chi connectivity index (χ0v) is 13.3. The molecule has 114 valence electrons. The van der Waals surface area contributed by atoms with Crippen molar-refractivity contribution in [2.45, 2.75) is 27.2 Å². The van der Waals surface area contributed by atoms with Crippen LogP contribution >= 0.6 is 0 Å². The van der Waals surface area contributed by atoms with Gasteiger partial charge in [0.15, 0.2) is 0 Å². The number of rotatable bonds is 8. The maximum Gasteiger partial charge on any atom is 0.208 e. The predicted molar refractivity (Wildman–Crippen MR) is 81.6 cm³/mol. The van der Waals surface area contributed by atoms with Gasteiger partial charge in [-0.3, -0.25) is 0 Å². The second-order valence-electron chi connectivity index (χ2n) is 4.61. The number of aryl methyl sites for hydroxylation is 1. The Kier molecular flexibility index (Phi) is 6.15. The average Bonchev–Trinajstić information content (AvgIpc) is 2.35. The fourth-order valence-corrected chi connectivity index (χ4v) is 2.11. The van der Waals surface area contributed by atoms with Crippen molar-refractivity contribution >= 4 is 21.7 Å². The standard InChI is InChI=1S/C12H23N5O2S/c1-5-6-13-11-9(2)12(17-10(3)16-11)14-7-8-15-20(4,18)19/h15H,5-8H2,1-4H3,(H2,13,14,16,17). The van der Waals surface area contributed by atoms with Gasteiger partial charge in [-0.1, -0.05) is 6.92 Å². The first-order chi connectivity index (χ1) is 9.33. The molecule has 7 nitrogen and oxygen atoms in total. The molecule has 0 unspecified atom stereocenters. The van der Waals surface area contributed by atoms with Crippen LogP contribution in [0.1, 0.15) is 24.7 Å². The van der Waals surface area contributed by atoms with Crippen LogP contribution in [0.3, 0.4) is 0 Å². The Morgan fingerprint density at radius 3 is 2.05 bits per heavy atom. The van der Waals surface area contributed by atoms with Crippen LogP contribution in [0.5, 0.6) is 0 Å². The lowest BCUT2D eigenvalue weighted by molar-refractivity contribution is 0.589. The molecule has 1 rings (SSSR count). The molecule has 1 heterocycles. The summed E-state index contributed by atoms with van der Waals surface area (Å²) in [7, 11) is -3.15. The fraction of sp³-hybridized carbons (Fsp3) is 0.667. The highest BCUT2D eigenvalue weighted by molar-refractivity contribution is 7.88. The first-order valence-corrected chi connectivity index (χ1v) is 8.50. The van der Waals surface area contributed by atoms with Crippen LogP contribution in [0.15, 0.2) is 0 Å². The van der Waals surface area contributed by atoms with E-state index in [4.69, 9.17) is 0 Å². The molecule has 1 aromatic rings. The lowest BCUT2D eigenvalue weighted by Gasteiger charge is -2.14. The monoisotopic (exact) mass is 301 g/mol. The molecular formula is C12H23N5O2S. The number of aromatic nitrogens is 2. The summed E-state index contributed by atoms with van der Waals surface area (Å²) in [6.07, 6.45) is 2.16. The average molecular weight is 301 g/mol. The Hall–Kier alpha value is -1.41. The summed E-state index contributed by atoms with van der Waals surface area (Å²) in [5.74, 6) is 2.22. The summed E-state index contributed by atoms with van der Waals surface area (Å²) in [6.45, 7) is 7.50. The highest BCUT2D eigenvalue weighted by Gasteiger charge is 2.08. The SMILES string of the molecule is CCCNc1nc(C)nc(NCCNS(C)(=O)=O)c1C. The minimum atomic E-state index is -3.15. The van der Waals surface area contributed by atoms with Gasteiger partial charge < -0.3 is 10.6 Å². The zero-order chi connectivity index (χ0) is 15.2. The molecule has 0 amide bonds. The quantitative estimate of drug-likeness (QED) is 0.617. The van der Waals surface area contributed by atoms with Crippen molar-refractivity contribution < 1.29 is 8.42 Å². The molecule has 0 aromatic carbocycles. The van der Waals surface area contributed by atoms with Crippen LogP contribution in [0.2, 0.25) is 0 Å². The molecule has 20 heavy (non-hydrogen) atoms. The van der Waals surface area contributed by atoms with E-state index < -0.39 is 10.0 Å². The van der Waals surface area contributed by atoms with E-state index in [1.165, 1.54) is 0 Å². The fourth-order valence-electron chi connectivity index (χ4n) is 1.63. The Balaban J connectivity index is 2.67. The summed E-state index contributed by atoms with van der Waals surface area (Å²) in [6, 6.07) is 0. The van der Waals surface area contributed by atoms with E-state index >= 15 is 0 Å². The molecule has 0 saturated carbocycles. The molecule has 8 heteroatoms. The van der Waals surface area contributed by atoms with Crippen molar-refractivity contribution in [3.63, 3.8) is 0 Å². The van der Waals surface area contributed by atoms with Crippen molar-refractivity contribution in [2.75, 3.05) is 36.5 Å². The molecule has 0 aliphatic heterocycles. The summed E-state index contributed by atoms with van der Waals surface area (Å²) < 4.78 is 24.3. The van der Waals surface area contributed by atoms with Crippen molar-refractivity contribution in [3.05, 3.63) is 11.4 Å². The Morgan fingerprint density at radius 2 is 1.55 bits per heavy atom. The minimum absolute atomic E-state index is 0.318. The van der Waals surface area contributed by atoms with Crippen LogP contribution in [0, 0.1) is 13.8 Å². The van der Waals surface area contributed by atoms with E-state index in [9.17, 15) is 8.42 Å². The molecular weight excluding hydrogens is 278 g/mol. The van der Waals surface area contributed by atoms with Crippen LogP contribution in [-0.4, -0.2) is 44.3 Å².